The zero-order chi connectivity index (χ0) is 26.6. The van der Waals surface area contributed by atoms with Gasteiger partial charge in [-0.1, -0.05) is 23.7 Å². The van der Waals surface area contributed by atoms with Gasteiger partial charge in [-0.25, -0.2) is 4.98 Å². The van der Waals surface area contributed by atoms with Crippen molar-refractivity contribution >= 4 is 50.7 Å². The summed E-state index contributed by atoms with van der Waals surface area (Å²) in [5, 5.41) is 5.56. The largest absolute Gasteiger partial charge is 0.399 e. The van der Waals surface area contributed by atoms with Crippen molar-refractivity contribution in [1.29, 1.82) is 0 Å². The van der Waals surface area contributed by atoms with Gasteiger partial charge in [0.25, 0.3) is 15.6 Å². The van der Waals surface area contributed by atoms with Crippen LogP contribution in [0.15, 0.2) is 62.6 Å². The predicted molar refractivity (Wildman–Crippen MR) is 140 cm³/mol. The highest BCUT2D eigenvalue weighted by Gasteiger charge is 2.20. The minimum Gasteiger partial charge on any atom is -0.399 e. The van der Waals surface area contributed by atoms with Crippen molar-refractivity contribution in [2.75, 3.05) is 16.4 Å². The summed E-state index contributed by atoms with van der Waals surface area (Å²) in [6, 6.07) is 11.7. The lowest BCUT2D eigenvalue weighted by atomic mass is 10.1. The van der Waals surface area contributed by atoms with Crippen LogP contribution in [0.2, 0.25) is 5.15 Å². The maximum absolute atomic E-state index is 13.2. The molecule has 0 bridgehead atoms. The molecule has 0 spiro atoms. The van der Waals surface area contributed by atoms with Gasteiger partial charge in [-0.2, -0.15) is 8.42 Å². The smallest absolute Gasteiger partial charge is 0.294 e. The van der Waals surface area contributed by atoms with Gasteiger partial charge < -0.3 is 27.8 Å². The fourth-order valence-corrected chi connectivity index (χ4v) is 4.42. The predicted octanol–water partition coefficient (Wildman–Crippen LogP) is 1.57. The number of carbonyl (C=O) groups is 1. The number of guanidine groups is 1. The molecule has 0 radical (unpaired) electrons. The van der Waals surface area contributed by atoms with Crippen molar-refractivity contribution in [2.45, 2.75) is 31.3 Å². The lowest BCUT2D eigenvalue weighted by molar-refractivity contribution is -0.116. The van der Waals surface area contributed by atoms with E-state index in [-0.39, 0.29) is 33.3 Å². The third-order valence-electron chi connectivity index (χ3n) is 4.67. The number of nitrogen functional groups attached to an aromatic ring is 1. The van der Waals surface area contributed by atoms with E-state index >= 15 is 0 Å². The average molecular weight is 533 g/mol. The number of anilines is 3. The SMILES string of the molecule is CC(C)Nc1nc(Cl)c(-c2cccc(N)c2)n(CC(=O)Nc2ccc(S(=O)(=O)N=C(N)N)cc2)c1=O. The van der Waals surface area contributed by atoms with Gasteiger partial charge in [-0.05, 0) is 50.2 Å². The summed E-state index contributed by atoms with van der Waals surface area (Å²) in [5.41, 5.74) is 17.1. The minimum absolute atomic E-state index is 0.00504. The number of sulfonamides is 1. The number of nitrogens with zero attached hydrogens (tertiary/aromatic N) is 3. The molecule has 1 aromatic heterocycles. The number of aromatic nitrogens is 2. The lowest BCUT2D eigenvalue weighted by Crippen LogP contribution is -2.32. The number of halogens is 1. The van der Waals surface area contributed by atoms with E-state index in [2.05, 4.69) is 20.0 Å². The Balaban J connectivity index is 1.95. The molecule has 0 unspecified atom stereocenters. The molecule has 2 aromatic carbocycles. The van der Waals surface area contributed by atoms with Gasteiger partial charge in [0.1, 0.15) is 6.54 Å². The molecular formula is C22H25ClN8O4S. The number of carbonyl (C=O) groups excluding carboxylic acids is 1. The van der Waals surface area contributed by atoms with Crippen molar-refractivity contribution in [3.8, 4) is 11.3 Å². The van der Waals surface area contributed by atoms with Gasteiger partial charge in [-0.3, -0.25) is 14.2 Å². The van der Waals surface area contributed by atoms with Crippen molar-refractivity contribution in [3.63, 3.8) is 0 Å². The molecule has 0 fully saturated rings. The first kappa shape index (κ1) is 26.5. The Hall–Kier alpha value is -4.10. The lowest BCUT2D eigenvalue weighted by Gasteiger charge is -2.18. The highest BCUT2D eigenvalue weighted by Crippen LogP contribution is 2.28. The van der Waals surface area contributed by atoms with E-state index in [1.165, 1.54) is 28.8 Å². The van der Waals surface area contributed by atoms with Gasteiger partial charge in [0.2, 0.25) is 11.9 Å². The maximum atomic E-state index is 13.2. The Kier molecular flexibility index (Phi) is 7.85. The Bertz CT molecular complexity index is 1480. The molecule has 190 valence electrons. The summed E-state index contributed by atoms with van der Waals surface area (Å²) in [7, 11) is -4.08. The Morgan fingerprint density at radius 1 is 1.17 bits per heavy atom. The molecule has 0 saturated carbocycles. The van der Waals surface area contributed by atoms with Crippen LogP contribution in [-0.4, -0.2) is 35.9 Å². The molecule has 36 heavy (non-hydrogen) atoms. The number of hydrogen-bond acceptors (Lipinski definition) is 7. The summed E-state index contributed by atoms with van der Waals surface area (Å²) >= 11 is 6.45. The van der Waals surface area contributed by atoms with Crippen LogP contribution in [0.1, 0.15) is 13.8 Å². The van der Waals surface area contributed by atoms with Crippen LogP contribution in [-0.2, 0) is 21.4 Å². The van der Waals surface area contributed by atoms with E-state index in [4.69, 9.17) is 28.8 Å². The van der Waals surface area contributed by atoms with Crippen LogP contribution in [0.25, 0.3) is 11.3 Å². The fourth-order valence-electron chi connectivity index (χ4n) is 3.26. The number of rotatable bonds is 8. The van der Waals surface area contributed by atoms with Crippen molar-refractivity contribution in [1.82, 2.24) is 9.55 Å². The Morgan fingerprint density at radius 3 is 2.42 bits per heavy atom. The normalized spacial score (nSPS) is 11.2. The molecule has 0 saturated heterocycles. The van der Waals surface area contributed by atoms with Crippen molar-refractivity contribution in [2.24, 2.45) is 15.9 Å². The molecule has 0 aliphatic heterocycles. The van der Waals surface area contributed by atoms with E-state index in [1.54, 1.807) is 24.3 Å². The van der Waals surface area contributed by atoms with E-state index in [9.17, 15) is 18.0 Å². The third kappa shape index (κ3) is 6.31. The molecule has 1 heterocycles. The summed E-state index contributed by atoms with van der Waals surface area (Å²) in [5.74, 6) is -1.18. The van der Waals surface area contributed by atoms with Gasteiger partial charge in [0.15, 0.2) is 11.0 Å². The van der Waals surface area contributed by atoms with Crippen molar-refractivity contribution < 1.29 is 13.2 Å². The standard InChI is InChI=1S/C22H25ClN8O4S/c1-12(2)27-20-21(33)31(18(19(23)29-20)13-4-3-5-14(24)10-13)11-17(32)28-15-6-8-16(9-7-15)36(34,35)30-22(25)26/h3-10,12H,11,24H2,1-2H3,(H,27,29)(H,28,32)(H4,25,26,30). The molecule has 1 amide bonds. The second kappa shape index (κ2) is 10.7. The quantitative estimate of drug-likeness (QED) is 0.162. The third-order valence-corrected chi connectivity index (χ3v) is 6.25. The molecule has 3 aromatic rings. The van der Waals surface area contributed by atoms with Gasteiger partial charge >= 0.3 is 0 Å². The van der Waals surface area contributed by atoms with Crippen LogP contribution >= 0.6 is 11.6 Å². The maximum Gasteiger partial charge on any atom is 0.294 e. The highest BCUT2D eigenvalue weighted by molar-refractivity contribution is 7.90. The van der Waals surface area contributed by atoms with Gasteiger partial charge in [-0.15, -0.1) is 4.40 Å². The van der Waals surface area contributed by atoms with Gasteiger partial charge in [0.05, 0.1) is 10.6 Å². The van der Waals surface area contributed by atoms with E-state index in [0.29, 0.717) is 11.3 Å². The van der Waals surface area contributed by atoms with Gasteiger partial charge in [0, 0.05) is 23.0 Å². The van der Waals surface area contributed by atoms with Crippen LogP contribution in [0.3, 0.4) is 0 Å². The molecule has 14 heteroatoms. The summed E-state index contributed by atoms with van der Waals surface area (Å²) in [6.07, 6.45) is 0. The topological polar surface area (TPSA) is 201 Å². The molecule has 0 atom stereocenters. The molecular weight excluding hydrogens is 508 g/mol. The van der Waals surface area contributed by atoms with E-state index in [0.717, 1.165) is 0 Å². The molecule has 3 rings (SSSR count). The van der Waals surface area contributed by atoms with Crippen LogP contribution in [0.4, 0.5) is 17.2 Å². The minimum atomic E-state index is -4.08. The van der Waals surface area contributed by atoms with Crippen LogP contribution < -0.4 is 33.4 Å². The highest BCUT2D eigenvalue weighted by atomic mass is 35.5. The van der Waals surface area contributed by atoms with Crippen LogP contribution in [0, 0.1) is 0 Å². The molecule has 0 aliphatic rings. The number of amides is 1. The van der Waals surface area contributed by atoms with Crippen molar-refractivity contribution in [3.05, 3.63) is 64.0 Å². The summed E-state index contributed by atoms with van der Waals surface area (Å²) in [4.78, 5) is 30.2. The number of nitrogens with one attached hydrogen (secondary N) is 2. The van der Waals surface area contributed by atoms with E-state index < -0.39 is 34.0 Å². The van der Waals surface area contributed by atoms with Crippen LogP contribution in [0.5, 0.6) is 0 Å². The zero-order valence-corrected chi connectivity index (χ0v) is 21.0. The molecule has 0 aliphatic carbocycles. The molecule has 8 N–H and O–H groups in total. The number of hydrogen-bond donors (Lipinski definition) is 5. The Morgan fingerprint density at radius 2 is 1.83 bits per heavy atom. The summed E-state index contributed by atoms with van der Waals surface area (Å²) in [6.45, 7) is 3.25. The van der Waals surface area contributed by atoms with E-state index in [1.807, 2.05) is 13.8 Å². The summed E-state index contributed by atoms with van der Waals surface area (Å²) < 4.78 is 28.6. The number of nitrogens with two attached hydrogens (primary N) is 3. The zero-order valence-electron chi connectivity index (χ0n) is 19.4. The Labute approximate surface area is 212 Å². The fraction of sp³-hybridized carbons (Fsp3) is 0.182. The second-order valence-corrected chi connectivity index (χ2v) is 9.94. The first-order valence-electron chi connectivity index (χ1n) is 10.6. The number of benzene rings is 2. The molecule has 12 nitrogen and oxygen atoms in total. The first-order chi connectivity index (χ1) is 16.9. The average Bonchev–Trinajstić information content (AvgIpc) is 2.76. The monoisotopic (exact) mass is 532 g/mol. The first-order valence-corrected chi connectivity index (χ1v) is 12.4. The second-order valence-electron chi connectivity index (χ2n) is 7.98.